The summed E-state index contributed by atoms with van der Waals surface area (Å²) in [6.07, 6.45) is 1.46. The van der Waals surface area contributed by atoms with Crippen LogP contribution in [0.5, 0.6) is 0 Å². The highest BCUT2D eigenvalue weighted by atomic mass is 16.3. The van der Waals surface area contributed by atoms with Gasteiger partial charge in [0.15, 0.2) is 0 Å². The lowest BCUT2D eigenvalue weighted by atomic mass is 10.1. The Kier molecular flexibility index (Phi) is 11.4. The quantitative estimate of drug-likeness (QED) is 0.152. The summed E-state index contributed by atoms with van der Waals surface area (Å²) in [6.45, 7) is -1.01. The summed E-state index contributed by atoms with van der Waals surface area (Å²) >= 11 is 0. The van der Waals surface area contributed by atoms with Crippen LogP contribution in [0.2, 0.25) is 0 Å². The average molecular weight is 675 g/mol. The van der Waals surface area contributed by atoms with Gasteiger partial charge >= 0.3 is 0 Å². The topological polar surface area (TPSA) is 170 Å². The van der Waals surface area contributed by atoms with Crippen molar-refractivity contribution in [2.24, 2.45) is 0 Å². The minimum absolute atomic E-state index is 0.233. The predicted octanol–water partition coefficient (Wildman–Crippen LogP) is 2.21. The SMILES string of the molecule is O=C(CN1C(=O)c2ccccc2C1=O)NC(CO)Cc1ccccc1.O=CC(Cc1ccccc1)NC(=O)CN1C(=O)c2ccccc2C1=O. The van der Waals surface area contributed by atoms with Crippen LogP contribution >= 0.6 is 0 Å². The van der Waals surface area contributed by atoms with E-state index in [1.165, 1.54) is 0 Å². The van der Waals surface area contributed by atoms with Crippen LogP contribution in [0.15, 0.2) is 109 Å². The van der Waals surface area contributed by atoms with Crippen LogP contribution < -0.4 is 10.6 Å². The van der Waals surface area contributed by atoms with Crippen molar-refractivity contribution in [3.05, 3.63) is 143 Å². The second-order valence-electron chi connectivity index (χ2n) is 11.6. The molecule has 4 aromatic rings. The number of amides is 6. The van der Waals surface area contributed by atoms with Crippen molar-refractivity contribution in [3.63, 3.8) is 0 Å². The van der Waals surface area contributed by atoms with Gasteiger partial charge in [0.05, 0.1) is 40.9 Å². The zero-order valence-corrected chi connectivity index (χ0v) is 26.9. The van der Waals surface area contributed by atoms with Gasteiger partial charge in [-0.15, -0.1) is 0 Å². The summed E-state index contributed by atoms with van der Waals surface area (Å²) in [5.74, 6) is -2.98. The standard InChI is InChI=1S/C19H18N2O4.C19H16N2O4/c2*22-12-14(10-13-6-2-1-3-7-13)20-17(23)11-21-18(24)15-8-4-5-9-16(15)19(21)25/h1-9,14,22H,10-12H2,(H,20,23);1-9,12,14H,10-11H2,(H,20,23). The predicted molar refractivity (Wildman–Crippen MR) is 181 cm³/mol. The van der Waals surface area contributed by atoms with Crippen LogP contribution in [0.3, 0.4) is 0 Å². The fraction of sp³-hybridized carbons (Fsp3) is 0.184. The number of aldehydes is 1. The molecule has 0 fully saturated rings. The van der Waals surface area contributed by atoms with Crippen LogP contribution in [0.1, 0.15) is 52.6 Å². The first-order chi connectivity index (χ1) is 24.2. The maximum absolute atomic E-state index is 12.3. The average Bonchev–Trinajstić information content (AvgIpc) is 3.52. The van der Waals surface area contributed by atoms with Crippen molar-refractivity contribution in [1.29, 1.82) is 0 Å². The van der Waals surface area contributed by atoms with E-state index in [0.717, 1.165) is 20.9 Å². The van der Waals surface area contributed by atoms with Crippen molar-refractivity contribution >= 4 is 41.7 Å². The Morgan fingerprint density at radius 2 is 0.920 bits per heavy atom. The third-order valence-corrected chi connectivity index (χ3v) is 8.08. The van der Waals surface area contributed by atoms with Gasteiger partial charge in [0.1, 0.15) is 19.4 Å². The minimum atomic E-state index is -0.718. The maximum atomic E-state index is 12.3. The van der Waals surface area contributed by atoms with E-state index < -0.39 is 54.1 Å². The lowest BCUT2D eigenvalue weighted by Crippen LogP contribution is -2.46. The lowest BCUT2D eigenvalue weighted by molar-refractivity contribution is -0.124. The molecule has 12 heteroatoms. The monoisotopic (exact) mass is 674 g/mol. The number of nitrogens with zero attached hydrogens (tertiary/aromatic N) is 2. The molecule has 0 bridgehead atoms. The van der Waals surface area contributed by atoms with Crippen LogP contribution in [-0.4, -0.2) is 88.4 Å². The Bertz CT molecular complexity index is 1840. The Morgan fingerprint density at radius 3 is 1.30 bits per heavy atom. The molecule has 0 aliphatic carbocycles. The van der Waals surface area contributed by atoms with Crippen molar-refractivity contribution in [2.45, 2.75) is 24.9 Å². The number of carbonyl (C=O) groups excluding carboxylic acids is 7. The number of carbonyl (C=O) groups is 7. The Labute approximate surface area is 287 Å². The number of fused-ring (bicyclic) bond motifs is 2. The van der Waals surface area contributed by atoms with Crippen molar-refractivity contribution in [1.82, 2.24) is 20.4 Å². The van der Waals surface area contributed by atoms with Gasteiger partial charge < -0.3 is 20.5 Å². The third kappa shape index (κ3) is 8.23. The van der Waals surface area contributed by atoms with E-state index in [1.54, 1.807) is 48.5 Å². The second-order valence-corrected chi connectivity index (χ2v) is 11.6. The molecule has 0 spiro atoms. The molecular weight excluding hydrogens is 640 g/mol. The van der Waals surface area contributed by atoms with Gasteiger partial charge in [0.2, 0.25) is 11.8 Å². The molecule has 0 radical (unpaired) electrons. The molecule has 0 aromatic heterocycles. The number of nitrogens with one attached hydrogen (secondary N) is 2. The van der Waals surface area contributed by atoms with Crippen molar-refractivity contribution in [3.8, 4) is 0 Å². The zero-order chi connectivity index (χ0) is 35.6. The molecule has 0 saturated heterocycles. The van der Waals surface area contributed by atoms with Gasteiger partial charge in [0.25, 0.3) is 23.6 Å². The summed E-state index contributed by atoms with van der Waals surface area (Å²) < 4.78 is 0. The summed E-state index contributed by atoms with van der Waals surface area (Å²) in [5, 5.41) is 14.7. The molecule has 0 saturated carbocycles. The highest BCUT2D eigenvalue weighted by Gasteiger charge is 2.37. The first-order valence-corrected chi connectivity index (χ1v) is 15.8. The van der Waals surface area contributed by atoms with E-state index in [2.05, 4.69) is 10.6 Å². The van der Waals surface area contributed by atoms with E-state index >= 15 is 0 Å². The van der Waals surface area contributed by atoms with Crippen LogP contribution in [0, 0.1) is 0 Å². The first kappa shape index (κ1) is 35.0. The summed E-state index contributed by atoms with van der Waals surface area (Å²) in [5.41, 5.74) is 3.07. The van der Waals surface area contributed by atoms with Gasteiger partial charge in [-0.2, -0.15) is 0 Å². The lowest BCUT2D eigenvalue weighted by Gasteiger charge is -2.19. The molecule has 3 N–H and O–H groups in total. The van der Waals surface area contributed by atoms with Gasteiger partial charge in [0, 0.05) is 0 Å². The molecule has 2 heterocycles. The van der Waals surface area contributed by atoms with Gasteiger partial charge in [-0.1, -0.05) is 84.9 Å². The third-order valence-electron chi connectivity index (χ3n) is 8.08. The molecule has 50 heavy (non-hydrogen) atoms. The number of hydrogen-bond donors (Lipinski definition) is 3. The molecule has 254 valence electrons. The fourth-order valence-electron chi connectivity index (χ4n) is 5.64. The molecule has 2 aliphatic rings. The van der Waals surface area contributed by atoms with Crippen LogP contribution in [0.25, 0.3) is 0 Å². The second kappa shape index (κ2) is 16.2. The summed E-state index contributed by atoms with van der Waals surface area (Å²) in [4.78, 5) is 86.5. The maximum Gasteiger partial charge on any atom is 0.262 e. The molecule has 4 aromatic carbocycles. The van der Waals surface area contributed by atoms with E-state index in [9.17, 15) is 38.7 Å². The van der Waals surface area contributed by atoms with Crippen LogP contribution in [-0.2, 0) is 27.2 Å². The number of hydrogen-bond acceptors (Lipinski definition) is 8. The van der Waals surface area contributed by atoms with Gasteiger partial charge in [-0.05, 0) is 48.2 Å². The molecule has 6 amide bonds. The molecule has 12 nitrogen and oxygen atoms in total. The van der Waals surface area contributed by atoms with E-state index in [1.807, 2.05) is 60.7 Å². The molecular formula is C38H34N4O8. The zero-order valence-electron chi connectivity index (χ0n) is 26.9. The Morgan fingerprint density at radius 1 is 0.560 bits per heavy atom. The summed E-state index contributed by atoms with van der Waals surface area (Å²) in [6, 6.07) is 30.4. The molecule has 6 rings (SSSR count). The number of imide groups is 2. The summed E-state index contributed by atoms with van der Waals surface area (Å²) in [7, 11) is 0. The van der Waals surface area contributed by atoms with Gasteiger partial charge in [-0.25, -0.2) is 0 Å². The molecule has 2 atom stereocenters. The highest BCUT2D eigenvalue weighted by molar-refractivity contribution is 6.23. The van der Waals surface area contributed by atoms with E-state index in [4.69, 9.17) is 0 Å². The largest absolute Gasteiger partial charge is 0.394 e. The van der Waals surface area contributed by atoms with Gasteiger partial charge in [-0.3, -0.25) is 38.6 Å². The van der Waals surface area contributed by atoms with E-state index in [0.29, 0.717) is 30.3 Å². The highest BCUT2D eigenvalue weighted by Crippen LogP contribution is 2.23. The smallest absolute Gasteiger partial charge is 0.262 e. The number of rotatable bonds is 12. The van der Waals surface area contributed by atoms with Crippen LogP contribution in [0.4, 0.5) is 0 Å². The first-order valence-electron chi connectivity index (χ1n) is 15.8. The normalized spacial score (nSPS) is 14.3. The van der Waals surface area contributed by atoms with Crippen molar-refractivity contribution < 1.29 is 38.7 Å². The number of aliphatic hydroxyl groups excluding tert-OH is 1. The molecule has 2 unspecified atom stereocenters. The Balaban J connectivity index is 0.000000194. The minimum Gasteiger partial charge on any atom is -0.394 e. The fourth-order valence-corrected chi connectivity index (χ4v) is 5.64. The number of aliphatic hydroxyl groups is 1. The Hall–Kier alpha value is -6.27. The van der Waals surface area contributed by atoms with Crippen molar-refractivity contribution in [2.75, 3.05) is 19.7 Å². The number of benzene rings is 4. The molecule has 2 aliphatic heterocycles. The van der Waals surface area contributed by atoms with E-state index in [-0.39, 0.29) is 24.3 Å².